The van der Waals surface area contributed by atoms with E-state index in [0.717, 1.165) is 55.2 Å². The van der Waals surface area contributed by atoms with Crippen LogP contribution in [0.25, 0.3) is 66.7 Å². The Morgan fingerprint density at radius 2 is 1.23 bits per heavy atom. The van der Waals surface area contributed by atoms with E-state index in [1.807, 2.05) is 6.07 Å². The molecule has 1 aliphatic carbocycles. The summed E-state index contributed by atoms with van der Waals surface area (Å²) < 4.78 is 13.1. The lowest BCUT2D eigenvalue weighted by molar-refractivity contribution is 0.589. The van der Waals surface area contributed by atoms with Gasteiger partial charge in [-0.05, 0) is 145 Å². The quantitative estimate of drug-likeness (QED) is 0.162. The van der Waals surface area contributed by atoms with Crippen molar-refractivity contribution in [1.82, 2.24) is 0 Å². The van der Waals surface area contributed by atoms with Gasteiger partial charge in [-0.15, -0.1) is 11.8 Å². The number of para-hydroxylation sites is 2. The first kappa shape index (κ1) is 37.4. The zero-order valence-electron chi connectivity index (χ0n) is 37.0. The second-order valence-electron chi connectivity index (χ2n) is 19.7. The van der Waals surface area contributed by atoms with Crippen molar-refractivity contribution in [1.29, 1.82) is 0 Å². The molecule has 0 radical (unpaired) electrons. The molecule has 8 aromatic carbocycles. The molecule has 5 heterocycles. The standard InChI is InChI=1S/C60H44BNO2S/c1-34-26-46-42(29-36-22-25-54-44(30-36)40-16-8-12-20-52(40)63-54)43-31-45-41-17-9-13-21-53(41)64-55(45)32-49(43)61-56(46)51(27-34)62(50-24-23-37(28-35(50)2)59(3,4)5)57-58(61)65-33-60(57)47-18-10-6-14-38(47)39-15-7-11-19-48(39)60/h6-32H,33H2,1-5H3/b42-29+. The summed E-state index contributed by atoms with van der Waals surface area (Å²) in [6, 6.07) is 58.9. The largest absolute Gasteiger partial charge is 0.456 e. The van der Waals surface area contributed by atoms with Crippen molar-refractivity contribution in [2.24, 2.45) is 0 Å². The molecule has 10 aromatic rings. The Labute approximate surface area is 383 Å². The maximum Gasteiger partial charge on any atom is 0.255 e. The van der Waals surface area contributed by atoms with E-state index >= 15 is 0 Å². The Morgan fingerprint density at radius 3 is 1.94 bits per heavy atom. The number of aryl methyl sites for hydroxylation is 2. The summed E-state index contributed by atoms with van der Waals surface area (Å²) in [6.45, 7) is 11.5. The Kier molecular flexibility index (Phi) is 7.53. The number of benzene rings is 8. The van der Waals surface area contributed by atoms with Crippen LogP contribution in [0.4, 0.5) is 11.4 Å². The molecule has 0 amide bonds. The molecule has 0 bridgehead atoms. The van der Waals surface area contributed by atoms with E-state index in [9.17, 15) is 0 Å². The van der Waals surface area contributed by atoms with E-state index in [2.05, 4.69) is 209 Å². The molecule has 0 saturated heterocycles. The number of hydrogen-bond donors (Lipinski definition) is 0. The maximum atomic E-state index is 6.78. The third-order valence-electron chi connectivity index (χ3n) is 14.9. The highest BCUT2D eigenvalue weighted by atomic mass is 32.2. The van der Waals surface area contributed by atoms with Gasteiger partial charge in [0.2, 0.25) is 0 Å². The summed E-state index contributed by atoms with van der Waals surface area (Å²) in [5.41, 5.74) is 24.1. The lowest BCUT2D eigenvalue weighted by atomic mass is 9.34. The van der Waals surface area contributed by atoms with E-state index in [-0.39, 0.29) is 17.5 Å². The van der Waals surface area contributed by atoms with E-state index < -0.39 is 0 Å². The maximum absolute atomic E-state index is 6.78. The number of anilines is 2. The summed E-state index contributed by atoms with van der Waals surface area (Å²) in [5.74, 6) is 0.920. The lowest BCUT2D eigenvalue weighted by Gasteiger charge is -2.45. The molecule has 0 atom stereocenters. The number of nitrogens with zero attached hydrogens (tertiary/aromatic N) is 1. The van der Waals surface area contributed by atoms with Crippen molar-refractivity contribution in [3.8, 4) is 11.1 Å². The van der Waals surface area contributed by atoms with Crippen LogP contribution in [0.5, 0.6) is 0 Å². The molecule has 3 aliphatic heterocycles. The van der Waals surface area contributed by atoms with Gasteiger partial charge in [0.25, 0.3) is 6.71 Å². The van der Waals surface area contributed by atoms with Gasteiger partial charge in [-0.1, -0.05) is 135 Å². The summed E-state index contributed by atoms with van der Waals surface area (Å²) >= 11 is 2.06. The van der Waals surface area contributed by atoms with Crippen LogP contribution in [0.2, 0.25) is 0 Å². The monoisotopic (exact) mass is 853 g/mol. The molecule has 65 heavy (non-hydrogen) atoms. The Balaban J connectivity index is 1.11. The highest BCUT2D eigenvalue weighted by Gasteiger charge is 2.58. The summed E-state index contributed by atoms with van der Waals surface area (Å²) in [5, 5.41) is 4.56. The molecule has 5 heteroatoms. The second kappa shape index (κ2) is 13.1. The van der Waals surface area contributed by atoms with Crippen LogP contribution in [0, 0.1) is 13.8 Å². The van der Waals surface area contributed by atoms with Gasteiger partial charge in [-0.2, -0.15) is 0 Å². The predicted molar refractivity (Wildman–Crippen MR) is 275 cm³/mol. The second-order valence-corrected chi connectivity index (χ2v) is 20.7. The fourth-order valence-corrected chi connectivity index (χ4v) is 13.6. The first-order valence-electron chi connectivity index (χ1n) is 22.9. The van der Waals surface area contributed by atoms with Gasteiger partial charge in [0.05, 0.1) is 5.41 Å². The van der Waals surface area contributed by atoms with E-state index in [1.165, 1.54) is 88.4 Å². The van der Waals surface area contributed by atoms with Gasteiger partial charge in [0, 0.05) is 44.4 Å². The van der Waals surface area contributed by atoms with Gasteiger partial charge in [0.15, 0.2) is 0 Å². The molecule has 0 N–H and O–H groups in total. The van der Waals surface area contributed by atoms with Crippen LogP contribution in [-0.2, 0) is 10.8 Å². The molecule has 310 valence electrons. The zero-order chi connectivity index (χ0) is 43.5. The van der Waals surface area contributed by atoms with Crippen LogP contribution in [-0.4, -0.2) is 12.5 Å². The zero-order valence-corrected chi connectivity index (χ0v) is 37.9. The van der Waals surface area contributed by atoms with Crippen molar-refractivity contribution < 1.29 is 8.83 Å². The van der Waals surface area contributed by atoms with Gasteiger partial charge in [0.1, 0.15) is 22.3 Å². The molecule has 0 fully saturated rings. The Hall–Kier alpha value is -6.95. The molecular formula is C60H44BNO2S. The summed E-state index contributed by atoms with van der Waals surface area (Å²) in [4.78, 5) is 4.14. The molecule has 4 aliphatic rings. The smallest absolute Gasteiger partial charge is 0.255 e. The van der Waals surface area contributed by atoms with Crippen LogP contribution >= 0.6 is 11.8 Å². The van der Waals surface area contributed by atoms with Crippen LogP contribution < -0.4 is 15.8 Å². The molecule has 1 spiro atoms. The first-order valence-corrected chi connectivity index (χ1v) is 23.9. The minimum absolute atomic E-state index is 0.00429. The van der Waals surface area contributed by atoms with Gasteiger partial charge in [-0.3, -0.25) is 0 Å². The topological polar surface area (TPSA) is 29.5 Å². The highest BCUT2D eigenvalue weighted by Crippen LogP contribution is 2.63. The van der Waals surface area contributed by atoms with Crippen LogP contribution in [0.15, 0.2) is 177 Å². The molecule has 2 aromatic heterocycles. The average Bonchev–Trinajstić information content (AvgIpc) is 4.07. The van der Waals surface area contributed by atoms with Gasteiger partial charge >= 0.3 is 0 Å². The summed E-state index contributed by atoms with van der Waals surface area (Å²) in [7, 11) is 0. The molecule has 14 rings (SSSR count). The van der Waals surface area contributed by atoms with Gasteiger partial charge in [-0.25, -0.2) is 0 Å². The number of furan rings is 2. The Morgan fingerprint density at radius 1 is 0.585 bits per heavy atom. The molecular weight excluding hydrogens is 810 g/mol. The van der Waals surface area contributed by atoms with E-state index in [4.69, 9.17) is 8.83 Å². The number of hydrogen-bond acceptors (Lipinski definition) is 4. The SMILES string of the molecule is Cc1cc2c3c(c1)N(c1ccc(C(C)(C)C)cc1C)C1=C(SCC14c1ccccc1-c1ccccc14)B3c1cc3oc4ccccc4c3cc1/C2=C\c1ccc2oc3ccccc3c2c1. The normalized spacial score (nSPS) is 16.3. The fourth-order valence-electron chi connectivity index (χ4n) is 12.0. The van der Waals surface area contributed by atoms with E-state index in [0.29, 0.717) is 0 Å². The lowest BCUT2D eigenvalue weighted by Crippen LogP contribution is -2.55. The van der Waals surface area contributed by atoms with Crippen molar-refractivity contribution in [2.45, 2.75) is 45.4 Å². The van der Waals surface area contributed by atoms with Crippen molar-refractivity contribution in [3.63, 3.8) is 0 Å². The number of rotatable bonds is 2. The third kappa shape index (κ3) is 5.05. The van der Waals surface area contributed by atoms with Crippen molar-refractivity contribution >= 4 is 96.3 Å². The van der Waals surface area contributed by atoms with Crippen LogP contribution in [0.3, 0.4) is 0 Å². The molecule has 0 saturated carbocycles. The number of fused-ring (bicyclic) bond motifs is 15. The minimum Gasteiger partial charge on any atom is -0.456 e. The minimum atomic E-state index is -0.369. The third-order valence-corrected chi connectivity index (χ3v) is 16.2. The van der Waals surface area contributed by atoms with Crippen molar-refractivity contribution in [2.75, 3.05) is 10.7 Å². The first-order chi connectivity index (χ1) is 31.7. The number of thioether (sulfide) groups is 1. The van der Waals surface area contributed by atoms with E-state index in [1.54, 1.807) is 0 Å². The van der Waals surface area contributed by atoms with Crippen molar-refractivity contribution in [3.05, 3.63) is 213 Å². The average molecular weight is 854 g/mol. The molecule has 3 nitrogen and oxygen atoms in total. The summed E-state index contributed by atoms with van der Waals surface area (Å²) in [6.07, 6.45) is 2.43. The molecule has 0 unspecified atom stereocenters. The predicted octanol–water partition coefficient (Wildman–Crippen LogP) is 14.5. The number of allylic oxidation sites excluding steroid dienone is 1. The highest BCUT2D eigenvalue weighted by molar-refractivity contribution is 8.05. The Bertz CT molecular complexity index is 3770. The fraction of sp³-hybridized carbons (Fsp3) is 0.133. The van der Waals surface area contributed by atoms with Crippen LogP contribution in [0.1, 0.15) is 65.3 Å². The van der Waals surface area contributed by atoms with Gasteiger partial charge < -0.3 is 13.7 Å².